The summed E-state index contributed by atoms with van der Waals surface area (Å²) in [6.45, 7) is 13.4. The number of hydrogen-bond donors (Lipinski definition) is 1. The highest BCUT2D eigenvalue weighted by atomic mass is 32.2. The Labute approximate surface area is 305 Å². The van der Waals surface area contributed by atoms with Crippen molar-refractivity contribution in [3.63, 3.8) is 0 Å². The van der Waals surface area contributed by atoms with E-state index in [0.717, 1.165) is 54.1 Å². The highest BCUT2D eigenvalue weighted by Gasteiger charge is 2.13. The number of amides is 3. The molecule has 1 aromatic rings. The van der Waals surface area contributed by atoms with E-state index in [-0.39, 0.29) is 18.4 Å². The zero-order chi connectivity index (χ0) is 37.5. The van der Waals surface area contributed by atoms with Crippen LogP contribution in [0.5, 0.6) is 0 Å². The van der Waals surface area contributed by atoms with Gasteiger partial charge in [-0.3, -0.25) is 18.7 Å². The SMILES string of the molecule is C#C.CCC(=O)N(CC#N)SCCCCCCNC=O.C\C=C/C(=C\C=C(/C)SN(C)c1ccccc1)C(=O)N(C)C/C(C)=C/C=C(C)C. The molecule has 49 heavy (non-hydrogen) atoms. The smallest absolute Gasteiger partial charge is 0.253 e. The second kappa shape index (κ2) is 31.2. The fraction of sp³-hybridized carbons (Fsp3) is 0.436. The monoisotopic (exact) mass is 707 g/mol. The van der Waals surface area contributed by atoms with Crippen molar-refractivity contribution < 1.29 is 14.4 Å². The fourth-order valence-corrected chi connectivity index (χ4v) is 5.68. The average molecular weight is 708 g/mol. The number of terminal acetylenes is 1. The number of carbonyl (C=O) groups excluding carboxylic acids is 3. The lowest BCUT2D eigenvalue weighted by Gasteiger charge is -2.19. The van der Waals surface area contributed by atoms with Crippen molar-refractivity contribution in [2.24, 2.45) is 0 Å². The Balaban J connectivity index is 0. The predicted molar refractivity (Wildman–Crippen MR) is 212 cm³/mol. The molecule has 0 heterocycles. The third-order valence-corrected chi connectivity index (χ3v) is 8.39. The molecule has 0 saturated carbocycles. The summed E-state index contributed by atoms with van der Waals surface area (Å²) in [5, 5.41) is 11.2. The zero-order valence-corrected chi connectivity index (χ0v) is 32.4. The third kappa shape index (κ3) is 24.6. The molecule has 0 bridgehead atoms. The number of nitrogens with zero attached hydrogens (tertiary/aromatic N) is 4. The van der Waals surface area contributed by atoms with Crippen LogP contribution in [-0.4, -0.2) is 66.9 Å². The number of benzene rings is 1. The summed E-state index contributed by atoms with van der Waals surface area (Å²) < 4.78 is 3.65. The molecule has 0 radical (unpaired) electrons. The van der Waals surface area contributed by atoms with Crippen LogP contribution in [-0.2, 0) is 14.4 Å². The van der Waals surface area contributed by atoms with Gasteiger partial charge in [-0.1, -0.05) is 79.5 Å². The number of carbonyl (C=O) groups is 3. The number of likely N-dealkylation sites (N-methyl/N-ethyl adjacent to an activating group) is 1. The molecule has 0 atom stereocenters. The first kappa shape index (κ1) is 47.0. The van der Waals surface area contributed by atoms with E-state index < -0.39 is 0 Å². The van der Waals surface area contributed by atoms with Crippen LogP contribution in [0.25, 0.3) is 0 Å². The fourth-order valence-electron chi connectivity index (χ4n) is 3.91. The summed E-state index contributed by atoms with van der Waals surface area (Å²) in [6, 6.07) is 12.2. The molecule has 268 valence electrons. The summed E-state index contributed by atoms with van der Waals surface area (Å²) in [5.74, 6) is 0.879. The van der Waals surface area contributed by atoms with Crippen LogP contribution < -0.4 is 9.62 Å². The van der Waals surface area contributed by atoms with Crippen molar-refractivity contribution in [2.75, 3.05) is 43.8 Å². The van der Waals surface area contributed by atoms with Crippen LogP contribution in [0, 0.1) is 24.2 Å². The zero-order valence-electron chi connectivity index (χ0n) is 30.8. The Hall–Kier alpha value is -4.12. The minimum atomic E-state index is 0.0109. The number of unbranched alkanes of at least 4 members (excludes halogenated alkanes) is 3. The summed E-state index contributed by atoms with van der Waals surface area (Å²) in [6.07, 6.45) is 25.1. The minimum Gasteiger partial charge on any atom is -0.359 e. The molecule has 0 aromatic heterocycles. The lowest BCUT2D eigenvalue weighted by Crippen LogP contribution is -2.29. The maximum atomic E-state index is 12.9. The Morgan fingerprint density at radius 2 is 1.61 bits per heavy atom. The van der Waals surface area contributed by atoms with Crippen molar-refractivity contribution in [2.45, 2.75) is 73.6 Å². The van der Waals surface area contributed by atoms with Crippen LogP contribution in [0.15, 0.2) is 88.4 Å². The molecule has 0 aliphatic rings. The maximum Gasteiger partial charge on any atom is 0.253 e. The molecule has 10 heteroatoms. The number of nitrogens with one attached hydrogen (secondary N) is 1. The number of anilines is 1. The molecule has 0 saturated heterocycles. The molecule has 0 spiro atoms. The third-order valence-electron chi connectivity index (χ3n) is 6.37. The van der Waals surface area contributed by atoms with Gasteiger partial charge in [-0.2, -0.15) is 5.26 Å². The van der Waals surface area contributed by atoms with Crippen molar-refractivity contribution in [3.8, 4) is 18.9 Å². The Bertz CT molecular complexity index is 1310. The summed E-state index contributed by atoms with van der Waals surface area (Å²) in [4.78, 5) is 37.2. The molecule has 0 aliphatic heterocycles. The number of rotatable bonds is 20. The Morgan fingerprint density at radius 3 is 2.18 bits per heavy atom. The van der Waals surface area contributed by atoms with E-state index in [1.165, 1.54) is 21.8 Å². The van der Waals surface area contributed by atoms with Crippen molar-refractivity contribution >= 4 is 47.8 Å². The van der Waals surface area contributed by atoms with Crippen LogP contribution in [0.3, 0.4) is 0 Å². The van der Waals surface area contributed by atoms with Crippen LogP contribution in [0.1, 0.15) is 73.6 Å². The summed E-state index contributed by atoms with van der Waals surface area (Å²) in [7, 11) is 3.88. The second-order valence-electron chi connectivity index (χ2n) is 11.0. The maximum absolute atomic E-state index is 12.9. The van der Waals surface area contributed by atoms with E-state index in [9.17, 15) is 14.4 Å². The van der Waals surface area contributed by atoms with Crippen molar-refractivity contribution in [1.29, 1.82) is 5.26 Å². The molecule has 0 unspecified atom stereocenters. The first-order valence-electron chi connectivity index (χ1n) is 16.3. The molecule has 0 fully saturated rings. The van der Waals surface area contributed by atoms with Gasteiger partial charge >= 0.3 is 0 Å². The average Bonchev–Trinajstić information content (AvgIpc) is 3.10. The summed E-state index contributed by atoms with van der Waals surface area (Å²) in [5.41, 5.74) is 4.20. The predicted octanol–water partition coefficient (Wildman–Crippen LogP) is 8.50. The van der Waals surface area contributed by atoms with Crippen molar-refractivity contribution in [1.82, 2.24) is 14.5 Å². The Morgan fingerprint density at radius 1 is 0.959 bits per heavy atom. The van der Waals surface area contributed by atoms with Gasteiger partial charge in [0.2, 0.25) is 12.3 Å². The van der Waals surface area contributed by atoms with Gasteiger partial charge in [0.1, 0.15) is 6.54 Å². The van der Waals surface area contributed by atoms with Gasteiger partial charge in [0, 0.05) is 55.5 Å². The number of para-hydroxylation sites is 1. The summed E-state index contributed by atoms with van der Waals surface area (Å²) >= 11 is 3.07. The first-order chi connectivity index (χ1) is 23.5. The van der Waals surface area contributed by atoms with E-state index in [0.29, 0.717) is 24.9 Å². The van der Waals surface area contributed by atoms with Gasteiger partial charge in [-0.15, -0.1) is 12.8 Å². The Kier molecular flexibility index (Phi) is 29.9. The topological polar surface area (TPSA) is 96.7 Å². The standard InChI is InChI=1S/C25H34N2OS.C12H21N3O2S.C2H2/c1-8-12-23(25(28)26(6)19-21(4)16-15-20(2)3)18-17-22(5)29-27(7)24-13-10-9-11-14-24;1-2-12(17)15(9-7-13)18-10-6-4-3-5-8-14-11-16;1-2/h8-18H,19H2,1-7H3;11H,2-6,8-10H2,1H3,(H,14,16);1-2H/b12-8-,21-16+,22-17+,23-18+;;. The number of allylic oxidation sites excluding steroid dienone is 7. The molecular weight excluding hydrogens is 651 g/mol. The van der Waals surface area contributed by atoms with Crippen LogP contribution in [0.4, 0.5) is 5.69 Å². The molecule has 8 nitrogen and oxygen atoms in total. The molecule has 3 amide bonds. The quantitative estimate of drug-likeness (QED) is 0.0276. The van der Waals surface area contributed by atoms with E-state index in [1.54, 1.807) is 23.8 Å². The van der Waals surface area contributed by atoms with Crippen LogP contribution in [0.2, 0.25) is 0 Å². The molecule has 1 rings (SSSR count). The van der Waals surface area contributed by atoms with Gasteiger partial charge in [0.25, 0.3) is 5.91 Å². The van der Waals surface area contributed by atoms with Gasteiger partial charge in [0.05, 0.1) is 6.07 Å². The largest absolute Gasteiger partial charge is 0.359 e. The van der Waals surface area contributed by atoms with E-state index in [2.05, 4.69) is 60.6 Å². The molecular formula is C39H57N5O3S2. The molecule has 1 aromatic carbocycles. The molecule has 0 aliphatic carbocycles. The van der Waals surface area contributed by atoms with E-state index in [1.807, 2.05) is 83.4 Å². The van der Waals surface area contributed by atoms with Gasteiger partial charge in [0.15, 0.2) is 0 Å². The second-order valence-corrected chi connectivity index (χ2v) is 13.5. The highest BCUT2D eigenvalue weighted by molar-refractivity contribution is 8.04. The number of nitriles is 1. The van der Waals surface area contributed by atoms with Gasteiger partial charge < -0.3 is 14.5 Å². The highest BCUT2D eigenvalue weighted by Crippen LogP contribution is 2.26. The lowest BCUT2D eigenvalue weighted by molar-refractivity contribution is -0.126. The van der Waals surface area contributed by atoms with E-state index >= 15 is 0 Å². The molecule has 1 N–H and O–H groups in total. The van der Waals surface area contributed by atoms with Gasteiger partial charge in [-0.25, -0.2) is 0 Å². The lowest BCUT2D eigenvalue weighted by atomic mass is 10.1. The van der Waals surface area contributed by atoms with Crippen molar-refractivity contribution in [3.05, 3.63) is 88.4 Å². The normalized spacial score (nSPS) is 11.2. The minimum absolute atomic E-state index is 0.0109. The van der Waals surface area contributed by atoms with E-state index in [4.69, 9.17) is 5.26 Å². The first-order valence-corrected chi connectivity index (χ1v) is 18.1. The van der Waals surface area contributed by atoms with Crippen LogP contribution >= 0.6 is 23.9 Å². The van der Waals surface area contributed by atoms with Gasteiger partial charge in [-0.05, 0) is 89.6 Å². The number of hydrogen-bond acceptors (Lipinski definition) is 7.